The van der Waals surface area contributed by atoms with E-state index in [1.165, 1.54) is 12.8 Å². The Balaban J connectivity index is 1.36. The van der Waals surface area contributed by atoms with Crippen molar-refractivity contribution in [1.29, 1.82) is 0 Å². The van der Waals surface area contributed by atoms with Crippen LogP contribution in [0.15, 0.2) is 64.6 Å². The number of halogens is 1. The molecule has 0 unspecified atom stereocenters. The Morgan fingerprint density at radius 3 is 2.59 bits per heavy atom. The molecular weight excluding hydrogens is 444 g/mol. The number of benzene rings is 2. The molecule has 6 nitrogen and oxygen atoms in total. The largest absolute Gasteiger partial charge is 0.449 e. The van der Waals surface area contributed by atoms with Gasteiger partial charge in [0.1, 0.15) is 5.54 Å². The Labute approximate surface area is 198 Å². The Morgan fingerprint density at radius 2 is 1.91 bits per heavy atom. The molecule has 1 N–H and O–H groups in total. The molecule has 2 aliphatic rings. The molecule has 4 rings (SSSR count). The van der Waals surface area contributed by atoms with Crippen molar-refractivity contribution in [3.8, 4) is 0 Å². The number of ether oxygens (including phenoxy) is 1. The minimum absolute atomic E-state index is 0.160. The van der Waals surface area contributed by atoms with Crippen molar-refractivity contribution < 1.29 is 9.53 Å². The van der Waals surface area contributed by atoms with E-state index in [0.717, 1.165) is 29.5 Å². The highest BCUT2D eigenvalue weighted by atomic mass is 35.5. The lowest BCUT2D eigenvalue weighted by Crippen LogP contribution is -2.49. The van der Waals surface area contributed by atoms with Crippen molar-refractivity contribution in [2.24, 2.45) is 9.98 Å². The first-order chi connectivity index (χ1) is 15.6. The van der Waals surface area contributed by atoms with E-state index in [4.69, 9.17) is 26.3 Å². The van der Waals surface area contributed by atoms with E-state index in [1.54, 1.807) is 36.0 Å². The number of carbonyl (C=O) groups is 1. The zero-order valence-electron chi connectivity index (χ0n) is 18.1. The van der Waals surface area contributed by atoms with Crippen LogP contribution >= 0.6 is 23.4 Å². The van der Waals surface area contributed by atoms with E-state index < -0.39 is 6.09 Å². The monoisotopic (exact) mass is 470 g/mol. The number of anilines is 2. The van der Waals surface area contributed by atoms with Gasteiger partial charge in [0.05, 0.1) is 6.61 Å². The highest BCUT2D eigenvalue weighted by Crippen LogP contribution is 2.44. The lowest BCUT2D eigenvalue weighted by Gasteiger charge is -2.36. The first-order valence-corrected chi connectivity index (χ1v) is 12.4. The van der Waals surface area contributed by atoms with Crippen LogP contribution in [-0.4, -0.2) is 42.0 Å². The number of para-hydroxylation sites is 1. The van der Waals surface area contributed by atoms with Crippen LogP contribution in [0.3, 0.4) is 0 Å². The number of aliphatic imine (C=N–C) groups is 2. The van der Waals surface area contributed by atoms with Gasteiger partial charge >= 0.3 is 6.09 Å². The van der Waals surface area contributed by atoms with Gasteiger partial charge in [-0.05, 0) is 55.5 Å². The molecule has 0 atom stereocenters. The second-order valence-electron chi connectivity index (χ2n) is 7.83. The molecule has 1 aliphatic carbocycles. The molecule has 1 aliphatic heterocycles. The van der Waals surface area contributed by atoms with Gasteiger partial charge in [-0.1, -0.05) is 54.4 Å². The molecule has 1 fully saturated rings. The first kappa shape index (κ1) is 22.7. The second kappa shape index (κ2) is 10.4. The fourth-order valence-corrected chi connectivity index (χ4v) is 5.06. The summed E-state index contributed by atoms with van der Waals surface area (Å²) in [7, 11) is 0. The average molecular weight is 471 g/mol. The highest BCUT2D eigenvalue weighted by molar-refractivity contribution is 8.13. The first-order valence-electron chi connectivity index (χ1n) is 10.8. The van der Waals surface area contributed by atoms with Gasteiger partial charge in [0.2, 0.25) is 0 Å². The number of thioether (sulfide) groups is 1. The van der Waals surface area contributed by atoms with Crippen LogP contribution < -0.4 is 10.2 Å². The van der Waals surface area contributed by atoms with Crippen LogP contribution in [0, 0.1) is 0 Å². The van der Waals surface area contributed by atoms with E-state index >= 15 is 0 Å². The number of amides is 1. The summed E-state index contributed by atoms with van der Waals surface area (Å²) in [5, 5.41) is 4.31. The van der Waals surface area contributed by atoms with E-state index in [-0.39, 0.29) is 5.54 Å². The number of nitrogens with one attached hydrogen (secondary N) is 1. The molecule has 1 saturated carbocycles. The molecule has 0 saturated heterocycles. The molecule has 1 spiro atoms. The fourth-order valence-electron chi connectivity index (χ4n) is 4.29. The van der Waals surface area contributed by atoms with Gasteiger partial charge in [0, 0.05) is 29.4 Å². The van der Waals surface area contributed by atoms with Gasteiger partial charge < -0.3 is 9.64 Å². The summed E-state index contributed by atoms with van der Waals surface area (Å²) in [6.07, 6.45) is 6.67. The van der Waals surface area contributed by atoms with Crippen LogP contribution in [0.5, 0.6) is 0 Å². The minimum Gasteiger partial charge on any atom is -0.449 e. The van der Waals surface area contributed by atoms with E-state index in [9.17, 15) is 4.79 Å². The molecule has 2 aromatic rings. The van der Waals surface area contributed by atoms with E-state index in [2.05, 4.69) is 40.7 Å². The van der Waals surface area contributed by atoms with E-state index in [0.29, 0.717) is 30.3 Å². The summed E-state index contributed by atoms with van der Waals surface area (Å²) >= 11 is 7.52. The lowest BCUT2D eigenvalue weighted by atomic mass is 9.94. The van der Waals surface area contributed by atoms with Crippen LogP contribution in [0.1, 0.15) is 32.1 Å². The molecule has 2 aromatic carbocycles. The summed E-state index contributed by atoms with van der Waals surface area (Å²) in [5.41, 5.74) is 1.65. The zero-order valence-corrected chi connectivity index (χ0v) is 19.7. The number of rotatable bonds is 6. The third-order valence-corrected chi connectivity index (χ3v) is 6.64. The van der Waals surface area contributed by atoms with Gasteiger partial charge in [0.15, 0.2) is 11.0 Å². The summed E-state index contributed by atoms with van der Waals surface area (Å²) in [5.74, 6) is 0.911. The Kier molecular flexibility index (Phi) is 7.37. The predicted molar refractivity (Wildman–Crippen MR) is 134 cm³/mol. The molecule has 1 heterocycles. The maximum Gasteiger partial charge on any atom is 0.411 e. The van der Waals surface area contributed by atoms with Crippen molar-refractivity contribution in [2.75, 3.05) is 29.6 Å². The van der Waals surface area contributed by atoms with Crippen LogP contribution in [-0.2, 0) is 4.74 Å². The summed E-state index contributed by atoms with van der Waals surface area (Å²) in [4.78, 5) is 24.1. The fraction of sp³-hybridized carbons (Fsp3) is 0.375. The standard InChI is InChI=1S/C24H27ClN4O2S/c1-32-22-28-21(24(14-5-6-15-24)29(22)20-8-3-2-4-9-20)26-16-7-17-31-23(30)27-19-12-10-18(25)11-13-19/h2-4,8-13H,5-7,14-17H2,1H3,(H,27,30). The van der Waals surface area contributed by atoms with Crippen molar-refractivity contribution in [3.05, 3.63) is 59.6 Å². The molecule has 8 heteroatoms. The topological polar surface area (TPSA) is 66.3 Å². The Bertz CT molecular complexity index is 989. The van der Waals surface area contributed by atoms with Crippen LogP contribution in [0.4, 0.5) is 16.2 Å². The SMILES string of the molecule is CSC1=NC(=NCCCOC(=O)Nc2ccc(Cl)cc2)C2(CCCC2)N1c1ccccc1. The molecule has 1 amide bonds. The quantitative estimate of drug-likeness (QED) is 0.508. The third-order valence-electron chi connectivity index (χ3n) is 5.75. The molecule has 32 heavy (non-hydrogen) atoms. The number of hydrogen-bond donors (Lipinski definition) is 1. The minimum atomic E-state index is -0.481. The Hall–Kier alpha value is -2.51. The van der Waals surface area contributed by atoms with Gasteiger partial charge in [-0.3, -0.25) is 10.3 Å². The Morgan fingerprint density at radius 1 is 1.19 bits per heavy atom. The average Bonchev–Trinajstić information content (AvgIpc) is 3.41. The van der Waals surface area contributed by atoms with Crippen molar-refractivity contribution >= 4 is 51.8 Å². The molecule has 168 valence electrons. The van der Waals surface area contributed by atoms with Crippen molar-refractivity contribution in [2.45, 2.75) is 37.6 Å². The highest BCUT2D eigenvalue weighted by Gasteiger charge is 2.50. The van der Waals surface area contributed by atoms with Crippen molar-refractivity contribution in [1.82, 2.24) is 0 Å². The molecule has 0 radical (unpaired) electrons. The summed E-state index contributed by atoms with van der Waals surface area (Å²) in [6, 6.07) is 17.4. The molecular formula is C24H27ClN4O2S. The van der Waals surface area contributed by atoms with Gasteiger partial charge in [-0.25, -0.2) is 9.79 Å². The van der Waals surface area contributed by atoms with E-state index in [1.807, 2.05) is 6.07 Å². The van der Waals surface area contributed by atoms with Crippen molar-refractivity contribution in [3.63, 3.8) is 0 Å². The van der Waals surface area contributed by atoms with Crippen LogP contribution in [0.25, 0.3) is 0 Å². The predicted octanol–water partition coefficient (Wildman–Crippen LogP) is 6.23. The van der Waals surface area contributed by atoms with Crippen LogP contribution in [0.2, 0.25) is 5.02 Å². The molecule has 0 aromatic heterocycles. The number of carbonyl (C=O) groups excluding carboxylic acids is 1. The second-order valence-corrected chi connectivity index (χ2v) is 9.04. The summed E-state index contributed by atoms with van der Waals surface area (Å²) in [6.45, 7) is 0.865. The number of hydrogen-bond acceptors (Lipinski definition) is 5. The maximum atomic E-state index is 12.0. The third kappa shape index (κ3) is 4.94. The smallest absolute Gasteiger partial charge is 0.411 e. The normalized spacial score (nSPS) is 18.2. The van der Waals surface area contributed by atoms with Gasteiger partial charge in [-0.15, -0.1) is 0 Å². The summed E-state index contributed by atoms with van der Waals surface area (Å²) < 4.78 is 5.29. The van der Waals surface area contributed by atoms with Gasteiger partial charge in [0.25, 0.3) is 0 Å². The molecule has 0 bridgehead atoms. The number of amidine groups is 2. The van der Waals surface area contributed by atoms with Gasteiger partial charge in [-0.2, -0.15) is 0 Å². The maximum absolute atomic E-state index is 12.0. The lowest BCUT2D eigenvalue weighted by molar-refractivity contribution is 0.161. The zero-order chi connectivity index (χ0) is 22.4. The number of nitrogens with zero attached hydrogens (tertiary/aromatic N) is 3.